The number of nitrogens with zero attached hydrogens (tertiary/aromatic N) is 2. The molecule has 6 nitrogen and oxygen atoms in total. The van der Waals surface area contributed by atoms with Crippen molar-refractivity contribution in [1.29, 1.82) is 0 Å². The summed E-state index contributed by atoms with van der Waals surface area (Å²) in [5.74, 6) is 0.703. The minimum Gasteiger partial charge on any atom is -0.487 e. The highest BCUT2D eigenvalue weighted by molar-refractivity contribution is 7.09. The molecular weight excluding hydrogens is 364 g/mol. The van der Waals surface area contributed by atoms with Crippen LogP contribution in [0.15, 0.2) is 35.7 Å². The number of aromatic nitrogens is 1. The molecule has 27 heavy (non-hydrogen) atoms. The zero-order valence-electron chi connectivity index (χ0n) is 16.0. The smallest absolute Gasteiger partial charge is 0.246 e. The maximum Gasteiger partial charge on any atom is 0.246 e. The summed E-state index contributed by atoms with van der Waals surface area (Å²) >= 11 is 1.61. The lowest BCUT2D eigenvalue weighted by molar-refractivity contribution is -0.127. The van der Waals surface area contributed by atoms with Crippen molar-refractivity contribution in [2.24, 2.45) is 0 Å². The SMILES string of the molecule is COCCN(CCOC)C(=O)/C=C/c1ccc(OCc2csc(C)n2)cc1. The maximum atomic E-state index is 12.4. The van der Waals surface area contributed by atoms with Gasteiger partial charge in [0, 0.05) is 38.8 Å². The fourth-order valence-corrected chi connectivity index (χ4v) is 2.91. The fraction of sp³-hybridized carbons (Fsp3) is 0.400. The summed E-state index contributed by atoms with van der Waals surface area (Å²) in [6, 6.07) is 7.61. The minimum atomic E-state index is -0.0664. The van der Waals surface area contributed by atoms with Crippen LogP contribution in [0.2, 0.25) is 0 Å². The predicted molar refractivity (Wildman–Crippen MR) is 107 cm³/mol. The molecule has 2 aromatic rings. The molecule has 0 aliphatic rings. The Hall–Kier alpha value is -2.22. The van der Waals surface area contributed by atoms with Gasteiger partial charge < -0.3 is 19.1 Å². The number of amides is 1. The molecule has 0 saturated heterocycles. The summed E-state index contributed by atoms with van der Waals surface area (Å²) in [7, 11) is 3.24. The van der Waals surface area contributed by atoms with Gasteiger partial charge in [0.15, 0.2) is 0 Å². The van der Waals surface area contributed by atoms with Gasteiger partial charge in [0.1, 0.15) is 12.4 Å². The van der Waals surface area contributed by atoms with Gasteiger partial charge in [0.25, 0.3) is 0 Å². The van der Waals surface area contributed by atoms with E-state index in [-0.39, 0.29) is 5.91 Å². The van der Waals surface area contributed by atoms with Crippen LogP contribution in [0.25, 0.3) is 6.08 Å². The summed E-state index contributed by atoms with van der Waals surface area (Å²) in [6.45, 7) is 4.48. The summed E-state index contributed by atoms with van der Waals surface area (Å²) in [5.41, 5.74) is 1.86. The number of carbonyl (C=O) groups is 1. The average Bonchev–Trinajstić information content (AvgIpc) is 3.10. The predicted octanol–water partition coefficient (Wildman–Crippen LogP) is 3.17. The standard InChI is InChI=1S/C20H26N2O4S/c1-16-21-18(15-27-16)14-26-19-7-4-17(5-8-19)6-9-20(23)22(10-12-24-2)11-13-25-3/h4-9,15H,10-14H2,1-3H3/b9-6+. The number of methoxy groups -OCH3 is 2. The van der Waals surface area contributed by atoms with Gasteiger partial charge in [-0.05, 0) is 30.7 Å². The lowest BCUT2D eigenvalue weighted by Gasteiger charge is -2.20. The lowest BCUT2D eigenvalue weighted by atomic mass is 10.2. The number of thiazole rings is 1. The molecule has 1 aromatic heterocycles. The quantitative estimate of drug-likeness (QED) is 0.552. The molecule has 7 heteroatoms. The summed E-state index contributed by atoms with van der Waals surface area (Å²) in [5, 5.41) is 3.03. The Morgan fingerprint density at radius 1 is 1.15 bits per heavy atom. The Morgan fingerprint density at radius 3 is 2.37 bits per heavy atom. The number of carbonyl (C=O) groups excluding carboxylic acids is 1. The van der Waals surface area contributed by atoms with Crippen LogP contribution in [0, 0.1) is 6.92 Å². The Bertz CT molecular complexity index is 720. The van der Waals surface area contributed by atoms with Crippen molar-refractivity contribution in [3.8, 4) is 5.75 Å². The molecule has 0 aliphatic heterocycles. The molecule has 0 saturated carbocycles. The maximum absolute atomic E-state index is 12.4. The van der Waals surface area contributed by atoms with E-state index >= 15 is 0 Å². The number of aryl methyl sites for hydroxylation is 1. The van der Waals surface area contributed by atoms with Crippen LogP contribution in [0.3, 0.4) is 0 Å². The van der Waals surface area contributed by atoms with Gasteiger partial charge in [-0.2, -0.15) is 0 Å². The van der Waals surface area contributed by atoms with Crippen molar-refractivity contribution < 1.29 is 19.0 Å². The number of hydrogen-bond acceptors (Lipinski definition) is 6. The molecule has 0 bridgehead atoms. The van der Waals surface area contributed by atoms with Gasteiger partial charge in [-0.15, -0.1) is 11.3 Å². The van der Waals surface area contributed by atoms with E-state index in [0.717, 1.165) is 22.0 Å². The van der Waals surface area contributed by atoms with Crippen LogP contribution < -0.4 is 4.74 Å². The van der Waals surface area contributed by atoms with E-state index in [9.17, 15) is 4.79 Å². The molecule has 0 N–H and O–H groups in total. The molecule has 2 rings (SSSR count). The first-order valence-electron chi connectivity index (χ1n) is 8.71. The van der Waals surface area contributed by atoms with Crippen molar-refractivity contribution in [2.45, 2.75) is 13.5 Å². The third-order valence-electron chi connectivity index (χ3n) is 3.79. The number of hydrogen-bond donors (Lipinski definition) is 0. The molecule has 0 aliphatic carbocycles. The largest absolute Gasteiger partial charge is 0.487 e. The van der Waals surface area contributed by atoms with Gasteiger partial charge in [-0.3, -0.25) is 4.79 Å². The first-order valence-corrected chi connectivity index (χ1v) is 9.59. The van der Waals surface area contributed by atoms with E-state index in [2.05, 4.69) is 4.98 Å². The summed E-state index contributed by atoms with van der Waals surface area (Å²) in [4.78, 5) is 18.4. The summed E-state index contributed by atoms with van der Waals surface area (Å²) < 4.78 is 15.8. The molecule has 0 spiro atoms. The van der Waals surface area contributed by atoms with E-state index in [1.807, 2.05) is 36.6 Å². The highest BCUT2D eigenvalue weighted by Crippen LogP contribution is 2.16. The zero-order valence-corrected chi connectivity index (χ0v) is 16.8. The van der Waals surface area contributed by atoms with Gasteiger partial charge in [0.2, 0.25) is 5.91 Å². The molecule has 1 aromatic carbocycles. The second-order valence-corrected chi connectivity index (χ2v) is 6.92. The van der Waals surface area contributed by atoms with Crippen molar-refractivity contribution >= 4 is 23.3 Å². The van der Waals surface area contributed by atoms with E-state index in [1.54, 1.807) is 42.6 Å². The van der Waals surface area contributed by atoms with Crippen LogP contribution >= 0.6 is 11.3 Å². The van der Waals surface area contributed by atoms with E-state index in [1.165, 1.54) is 0 Å². The second-order valence-electron chi connectivity index (χ2n) is 5.86. The van der Waals surface area contributed by atoms with Gasteiger partial charge in [0.05, 0.1) is 23.9 Å². The van der Waals surface area contributed by atoms with Crippen molar-refractivity contribution in [3.63, 3.8) is 0 Å². The van der Waals surface area contributed by atoms with Crippen molar-refractivity contribution in [2.75, 3.05) is 40.5 Å². The Kier molecular flexibility index (Phi) is 8.97. The molecule has 1 heterocycles. The number of rotatable bonds is 11. The third-order valence-corrected chi connectivity index (χ3v) is 4.62. The van der Waals surface area contributed by atoms with Crippen molar-refractivity contribution in [3.05, 3.63) is 52.0 Å². The Morgan fingerprint density at radius 2 is 1.81 bits per heavy atom. The topological polar surface area (TPSA) is 60.9 Å². The van der Waals surface area contributed by atoms with Gasteiger partial charge in [-0.25, -0.2) is 4.98 Å². The molecule has 146 valence electrons. The molecule has 0 radical (unpaired) electrons. The molecule has 0 unspecified atom stereocenters. The Labute approximate surface area is 164 Å². The fourth-order valence-electron chi connectivity index (χ4n) is 2.32. The van der Waals surface area contributed by atoms with Crippen LogP contribution in [-0.4, -0.2) is 56.3 Å². The first kappa shape index (κ1) is 21.1. The van der Waals surface area contributed by atoms with E-state index in [4.69, 9.17) is 14.2 Å². The normalized spacial score (nSPS) is 11.1. The third kappa shape index (κ3) is 7.50. The molecule has 0 atom stereocenters. The van der Waals surface area contributed by atoms with Crippen LogP contribution in [0.4, 0.5) is 0 Å². The first-order chi connectivity index (χ1) is 13.1. The van der Waals surface area contributed by atoms with E-state index < -0.39 is 0 Å². The molecule has 1 amide bonds. The molecule has 0 fully saturated rings. The second kappa shape index (κ2) is 11.5. The average molecular weight is 391 g/mol. The molecular formula is C20H26N2O4S. The monoisotopic (exact) mass is 390 g/mol. The highest BCUT2D eigenvalue weighted by atomic mass is 32.1. The Balaban J connectivity index is 1.88. The lowest BCUT2D eigenvalue weighted by Crippen LogP contribution is -2.35. The van der Waals surface area contributed by atoms with Gasteiger partial charge >= 0.3 is 0 Å². The van der Waals surface area contributed by atoms with Crippen LogP contribution in [-0.2, 0) is 20.9 Å². The van der Waals surface area contributed by atoms with Crippen LogP contribution in [0.5, 0.6) is 5.75 Å². The van der Waals surface area contributed by atoms with Crippen LogP contribution in [0.1, 0.15) is 16.3 Å². The van der Waals surface area contributed by atoms with E-state index in [0.29, 0.717) is 32.9 Å². The zero-order chi connectivity index (χ0) is 19.5. The van der Waals surface area contributed by atoms with Gasteiger partial charge in [-0.1, -0.05) is 12.1 Å². The van der Waals surface area contributed by atoms with Crippen molar-refractivity contribution in [1.82, 2.24) is 9.88 Å². The number of ether oxygens (including phenoxy) is 3. The highest BCUT2D eigenvalue weighted by Gasteiger charge is 2.09. The number of benzene rings is 1. The summed E-state index contributed by atoms with van der Waals surface area (Å²) in [6.07, 6.45) is 3.36. The minimum absolute atomic E-state index is 0.0664.